The van der Waals surface area contributed by atoms with Crippen LogP contribution in [0.2, 0.25) is 0 Å². The molecule has 0 bridgehead atoms. The highest BCUT2D eigenvalue weighted by Crippen LogP contribution is 2.29. The van der Waals surface area contributed by atoms with Gasteiger partial charge in [-0.15, -0.1) is 0 Å². The molecule has 0 saturated heterocycles. The lowest BCUT2D eigenvalue weighted by Crippen LogP contribution is -2.41. The Morgan fingerprint density at radius 2 is 2.16 bits per heavy atom. The molecular formula is C14H18BrNO3. The number of fused-ring (bicyclic) bond motifs is 1. The summed E-state index contributed by atoms with van der Waals surface area (Å²) in [4.78, 5) is 13.6. The summed E-state index contributed by atoms with van der Waals surface area (Å²) < 4.78 is 6.27. The minimum Gasteiger partial charge on any atom is -0.444 e. The molecular weight excluding hydrogens is 310 g/mol. The number of carbonyl (C=O) groups is 1. The maximum atomic E-state index is 12.0. The van der Waals surface area contributed by atoms with Gasteiger partial charge < -0.3 is 14.7 Å². The van der Waals surface area contributed by atoms with E-state index in [1.165, 1.54) is 4.90 Å². The van der Waals surface area contributed by atoms with E-state index in [0.717, 1.165) is 15.6 Å². The molecule has 1 N–H and O–H groups in total. The molecule has 1 amide bonds. The molecule has 0 aromatic heterocycles. The molecule has 0 spiro atoms. The standard InChI is InChI=1S/C14H18BrNO3/c1-14(2,3)19-13(18)16-7-9-6-10(15)4-5-11(9)12(17)8-16/h4-6,12,17H,7-8H2,1-3H3. The van der Waals surface area contributed by atoms with Crippen molar-refractivity contribution in [2.45, 2.75) is 39.0 Å². The maximum absolute atomic E-state index is 12.0. The minimum absolute atomic E-state index is 0.267. The number of aliphatic hydroxyl groups excluding tert-OH is 1. The van der Waals surface area contributed by atoms with Gasteiger partial charge in [-0.25, -0.2) is 4.79 Å². The van der Waals surface area contributed by atoms with E-state index < -0.39 is 17.8 Å². The van der Waals surface area contributed by atoms with Gasteiger partial charge >= 0.3 is 6.09 Å². The van der Waals surface area contributed by atoms with Crippen LogP contribution in [0.3, 0.4) is 0 Å². The summed E-state index contributed by atoms with van der Waals surface area (Å²) in [5, 5.41) is 10.1. The largest absolute Gasteiger partial charge is 0.444 e. The zero-order valence-corrected chi connectivity index (χ0v) is 12.9. The van der Waals surface area contributed by atoms with E-state index in [0.29, 0.717) is 6.54 Å². The predicted octanol–water partition coefficient (Wildman–Crippen LogP) is 3.23. The van der Waals surface area contributed by atoms with Crippen LogP contribution >= 0.6 is 15.9 Å². The molecule has 1 aromatic rings. The average Bonchev–Trinajstić information content (AvgIpc) is 2.25. The van der Waals surface area contributed by atoms with E-state index in [1.54, 1.807) is 0 Å². The van der Waals surface area contributed by atoms with Crippen molar-refractivity contribution in [2.24, 2.45) is 0 Å². The number of rotatable bonds is 0. The number of hydrogen-bond acceptors (Lipinski definition) is 3. The van der Waals surface area contributed by atoms with E-state index in [2.05, 4.69) is 15.9 Å². The van der Waals surface area contributed by atoms with Gasteiger partial charge in [0.2, 0.25) is 0 Å². The fraction of sp³-hybridized carbons (Fsp3) is 0.500. The molecule has 1 atom stereocenters. The zero-order chi connectivity index (χ0) is 14.2. The van der Waals surface area contributed by atoms with Crippen molar-refractivity contribution in [3.8, 4) is 0 Å². The second-order valence-corrected chi connectivity index (χ2v) is 6.64. The molecule has 1 aromatic carbocycles. The third-order valence-electron chi connectivity index (χ3n) is 2.87. The summed E-state index contributed by atoms with van der Waals surface area (Å²) in [7, 11) is 0. The molecule has 1 heterocycles. The topological polar surface area (TPSA) is 49.8 Å². The van der Waals surface area contributed by atoms with E-state index >= 15 is 0 Å². The molecule has 4 nitrogen and oxygen atoms in total. The predicted molar refractivity (Wildman–Crippen MR) is 75.7 cm³/mol. The van der Waals surface area contributed by atoms with Gasteiger partial charge in [-0.2, -0.15) is 0 Å². The highest BCUT2D eigenvalue weighted by Gasteiger charge is 2.29. The number of hydrogen-bond donors (Lipinski definition) is 1. The SMILES string of the molecule is CC(C)(C)OC(=O)N1Cc2cc(Br)ccc2C(O)C1. The number of benzene rings is 1. The Bertz CT molecular complexity index is 496. The van der Waals surface area contributed by atoms with Crippen LogP contribution in [0.5, 0.6) is 0 Å². The van der Waals surface area contributed by atoms with Crippen LogP contribution in [0.25, 0.3) is 0 Å². The lowest BCUT2D eigenvalue weighted by Gasteiger charge is -2.33. The number of halogens is 1. The van der Waals surface area contributed by atoms with E-state index in [-0.39, 0.29) is 6.54 Å². The number of aliphatic hydroxyl groups is 1. The van der Waals surface area contributed by atoms with Crippen LogP contribution in [-0.4, -0.2) is 28.2 Å². The molecule has 0 radical (unpaired) electrons. The van der Waals surface area contributed by atoms with Crippen LogP contribution < -0.4 is 0 Å². The lowest BCUT2D eigenvalue weighted by atomic mass is 9.98. The van der Waals surface area contributed by atoms with Crippen LogP contribution in [-0.2, 0) is 11.3 Å². The van der Waals surface area contributed by atoms with Crippen LogP contribution in [0.15, 0.2) is 22.7 Å². The molecule has 0 fully saturated rings. The monoisotopic (exact) mass is 327 g/mol. The normalized spacial score (nSPS) is 19.0. The first kappa shape index (κ1) is 14.3. The average molecular weight is 328 g/mol. The smallest absolute Gasteiger partial charge is 0.410 e. The fourth-order valence-corrected chi connectivity index (χ4v) is 2.49. The van der Waals surface area contributed by atoms with E-state index in [4.69, 9.17) is 4.74 Å². The van der Waals surface area contributed by atoms with Crippen molar-refractivity contribution in [3.63, 3.8) is 0 Å². The molecule has 5 heteroatoms. The first-order valence-electron chi connectivity index (χ1n) is 6.20. The number of ether oxygens (including phenoxy) is 1. The summed E-state index contributed by atoms with van der Waals surface area (Å²) >= 11 is 3.40. The van der Waals surface area contributed by atoms with Crippen molar-refractivity contribution in [1.82, 2.24) is 4.90 Å². The Labute approximate surface area is 121 Å². The van der Waals surface area contributed by atoms with Crippen LogP contribution in [0.4, 0.5) is 4.79 Å². The number of carbonyl (C=O) groups excluding carboxylic acids is 1. The highest BCUT2D eigenvalue weighted by atomic mass is 79.9. The second-order valence-electron chi connectivity index (χ2n) is 5.72. The maximum Gasteiger partial charge on any atom is 0.410 e. The first-order valence-corrected chi connectivity index (χ1v) is 7.00. The van der Waals surface area contributed by atoms with E-state index in [9.17, 15) is 9.90 Å². The third kappa shape index (κ3) is 3.48. The van der Waals surface area contributed by atoms with Crippen molar-refractivity contribution in [2.75, 3.05) is 6.54 Å². The number of β-amino-alcohol motifs (C(OH)–C–C–N with tert-alkyl or cyclic N) is 1. The highest BCUT2D eigenvalue weighted by molar-refractivity contribution is 9.10. The summed E-state index contributed by atoms with van der Waals surface area (Å²) in [5.74, 6) is 0. The lowest BCUT2D eigenvalue weighted by molar-refractivity contribution is 0.00827. The Morgan fingerprint density at radius 1 is 1.47 bits per heavy atom. The van der Waals surface area contributed by atoms with Crippen molar-refractivity contribution in [3.05, 3.63) is 33.8 Å². The van der Waals surface area contributed by atoms with Gasteiger partial charge in [-0.05, 0) is 44.0 Å². The van der Waals surface area contributed by atoms with Gasteiger partial charge in [0.15, 0.2) is 0 Å². The van der Waals surface area contributed by atoms with Gasteiger partial charge in [0.05, 0.1) is 12.6 Å². The Kier molecular flexibility index (Phi) is 3.87. The van der Waals surface area contributed by atoms with Crippen LogP contribution in [0, 0.1) is 0 Å². The van der Waals surface area contributed by atoms with Crippen LogP contribution in [0.1, 0.15) is 38.0 Å². The molecule has 1 aliphatic rings. The van der Waals surface area contributed by atoms with Gasteiger partial charge in [0.1, 0.15) is 5.60 Å². The van der Waals surface area contributed by atoms with Gasteiger partial charge in [0.25, 0.3) is 0 Å². The van der Waals surface area contributed by atoms with E-state index in [1.807, 2.05) is 39.0 Å². The van der Waals surface area contributed by atoms with Crippen molar-refractivity contribution >= 4 is 22.0 Å². The third-order valence-corrected chi connectivity index (χ3v) is 3.36. The summed E-state index contributed by atoms with van der Waals surface area (Å²) in [6.45, 7) is 6.21. The fourth-order valence-electron chi connectivity index (χ4n) is 2.08. The van der Waals surface area contributed by atoms with Crippen molar-refractivity contribution < 1.29 is 14.6 Å². The quantitative estimate of drug-likeness (QED) is 0.795. The first-order chi connectivity index (χ1) is 8.76. The number of amides is 1. The molecule has 0 aliphatic carbocycles. The zero-order valence-electron chi connectivity index (χ0n) is 11.3. The second kappa shape index (κ2) is 5.13. The Hall–Kier alpha value is -1.07. The summed E-state index contributed by atoms with van der Waals surface area (Å²) in [6.07, 6.45) is -1.05. The Balaban J connectivity index is 2.18. The van der Waals surface area contributed by atoms with Gasteiger partial charge in [-0.1, -0.05) is 22.0 Å². The summed E-state index contributed by atoms with van der Waals surface area (Å²) in [6, 6.07) is 5.71. The molecule has 1 unspecified atom stereocenters. The molecule has 104 valence electrons. The molecule has 2 rings (SSSR count). The molecule has 19 heavy (non-hydrogen) atoms. The number of nitrogens with zero attached hydrogens (tertiary/aromatic N) is 1. The Morgan fingerprint density at radius 3 is 2.79 bits per heavy atom. The van der Waals surface area contributed by atoms with Gasteiger partial charge in [-0.3, -0.25) is 0 Å². The molecule has 0 saturated carbocycles. The minimum atomic E-state index is -0.663. The summed E-state index contributed by atoms with van der Waals surface area (Å²) in [5.41, 5.74) is 1.29. The molecule has 1 aliphatic heterocycles. The van der Waals surface area contributed by atoms with Gasteiger partial charge in [0, 0.05) is 11.0 Å². The van der Waals surface area contributed by atoms with Crippen molar-refractivity contribution in [1.29, 1.82) is 0 Å².